The van der Waals surface area contributed by atoms with E-state index in [1.54, 1.807) is 27.9 Å². The van der Waals surface area contributed by atoms with E-state index in [0.29, 0.717) is 19.3 Å². The van der Waals surface area contributed by atoms with Gasteiger partial charge in [0.25, 0.3) is 17.7 Å². The van der Waals surface area contributed by atoms with E-state index < -0.39 is 92.4 Å². The molecule has 0 radical (unpaired) electrons. The maximum atomic E-state index is 14.4. The topological polar surface area (TPSA) is 304 Å². The average molecular weight is 1090 g/mol. The molecule has 0 unspecified atom stereocenters. The first kappa shape index (κ1) is 64.3. The van der Waals surface area contributed by atoms with E-state index in [1.807, 2.05) is 78.8 Å². The Balaban J connectivity index is 1.67. The molecule has 22 heteroatoms. The molecule has 2 aromatic rings. The number of sulfonamides is 1. The number of likely N-dealkylation sites (N-methyl/N-ethyl adjacent to an activating group) is 2. The molecule has 0 saturated carbocycles. The fraction of sp³-hybridized carbons (Fsp3) is 0.545. The number of amides is 10. The highest BCUT2D eigenvalue weighted by molar-refractivity contribution is 7.89. The molecule has 5 atom stereocenters. The summed E-state index contributed by atoms with van der Waals surface area (Å²) in [7, 11) is -1.01. The van der Waals surface area contributed by atoms with Crippen LogP contribution in [0.3, 0.4) is 0 Å². The molecule has 9 N–H and O–H groups in total. The molecule has 0 aliphatic carbocycles. The van der Waals surface area contributed by atoms with Crippen LogP contribution >= 0.6 is 0 Å². The Bertz CT molecular complexity index is 2580. The van der Waals surface area contributed by atoms with E-state index in [1.165, 1.54) is 54.3 Å². The normalized spacial score (nSPS) is 15.0. The monoisotopic (exact) mass is 1090 g/mol. The van der Waals surface area contributed by atoms with Crippen molar-refractivity contribution in [3.8, 4) is 0 Å². The molecule has 424 valence electrons. The van der Waals surface area contributed by atoms with Gasteiger partial charge in [0.1, 0.15) is 18.1 Å². The number of unbranched alkanes of at least 4 members (excludes halogenated alkanes) is 2. The Morgan fingerprint density at radius 2 is 1.36 bits per heavy atom. The first-order valence-corrected chi connectivity index (χ1v) is 27.6. The lowest BCUT2D eigenvalue weighted by Gasteiger charge is -2.40. The van der Waals surface area contributed by atoms with E-state index in [-0.39, 0.29) is 78.7 Å². The fourth-order valence-corrected chi connectivity index (χ4v) is 9.91. The van der Waals surface area contributed by atoms with Crippen molar-refractivity contribution in [2.75, 3.05) is 32.5 Å². The number of hydrogen-bond acceptors (Lipinski definition) is 12. The van der Waals surface area contributed by atoms with Crippen molar-refractivity contribution in [3.63, 3.8) is 0 Å². The lowest BCUT2D eigenvalue weighted by Crippen LogP contribution is -2.61. The summed E-state index contributed by atoms with van der Waals surface area (Å²) in [6.45, 7) is 18.4. The molecular formula is C55H82N10O11S. The van der Waals surface area contributed by atoms with E-state index in [2.05, 4.69) is 36.6 Å². The van der Waals surface area contributed by atoms with Gasteiger partial charge in [-0.15, -0.1) is 0 Å². The van der Waals surface area contributed by atoms with Crippen LogP contribution in [-0.4, -0.2) is 129 Å². The Kier molecular flexibility index (Phi) is 24.2. The van der Waals surface area contributed by atoms with Gasteiger partial charge in [0.2, 0.25) is 39.6 Å². The Labute approximate surface area is 454 Å². The third kappa shape index (κ3) is 19.9. The van der Waals surface area contributed by atoms with Crippen molar-refractivity contribution in [1.29, 1.82) is 0 Å². The van der Waals surface area contributed by atoms with Gasteiger partial charge in [0.15, 0.2) is 0 Å². The zero-order chi connectivity index (χ0) is 58.0. The van der Waals surface area contributed by atoms with Crippen LogP contribution in [0.5, 0.6) is 0 Å². The van der Waals surface area contributed by atoms with E-state index in [9.17, 15) is 51.6 Å². The standard InChI is InChI=1S/C55H82N10O11S/c1-34(2)41(64(12)52(73)47(54(6,7)8)62-51(72)46(57-11)55(9,10)38-20-15-13-16-21-38)32-36(5)48(69)63-77(75,76)33-37-24-26-39(27-25-37)59-49(70)40(22-19-30-58-53(56)74)60-50(71)45(35(3)4)61-42(66)23-17-14-18-31-65-43(67)28-29-44(65)68/h13,15-16,20-21,24-29,32,34-35,40-41,45-47,57H,14,17-19,22-23,30-31,33H2,1-12H3,(H,59,70)(H,60,71)(H,61,66)(H,62,72)(H,63,69)(H3,56,58,74)/t40-,41-,45-,46-,47-/m1/s1. The first-order chi connectivity index (χ1) is 35.9. The molecule has 0 aromatic heterocycles. The van der Waals surface area contributed by atoms with Crippen molar-refractivity contribution < 1.29 is 51.6 Å². The number of nitrogens with zero attached hydrogens (tertiary/aromatic N) is 2. The molecular weight excluding hydrogens is 1010 g/mol. The van der Waals surface area contributed by atoms with Crippen molar-refractivity contribution in [1.82, 2.24) is 41.1 Å². The number of carbonyl (C=O) groups is 9. The number of benzene rings is 2. The minimum atomic E-state index is -4.29. The summed E-state index contributed by atoms with van der Waals surface area (Å²) in [5.74, 6) is -5.32. The fourth-order valence-electron chi connectivity index (χ4n) is 8.77. The number of urea groups is 1. The SMILES string of the molecule is CN[C@H](C(=O)N[C@H](C(=O)N(C)[C@H](C=C(C)C(=O)NS(=O)(=O)Cc1ccc(NC(=O)[C@@H](CCCNC(N)=O)NC(=O)[C@H](NC(=O)CCCCCN2C(=O)C=CC2=O)C(C)C)cc1)C(C)C)C(C)(C)C)C(C)(C)c1ccccc1. The van der Waals surface area contributed by atoms with Gasteiger partial charge in [-0.05, 0) is 80.2 Å². The predicted molar refractivity (Wildman–Crippen MR) is 295 cm³/mol. The van der Waals surface area contributed by atoms with Gasteiger partial charge >= 0.3 is 6.03 Å². The lowest BCUT2D eigenvalue weighted by atomic mass is 9.76. The van der Waals surface area contributed by atoms with Crippen molar-refractivity contribution >= 4 is 69.0 Å². The zero-order valence-electron chi connectivity index (χ0n) is 46.7. The summed E-state index contributed by atoms with van der Waals surface area (Å²) in [4.78, 5) is 120. The minimum absolute atomic E-state index is 0.0353. The van der Waals surface area contributed by atoms with Crippen molar-refractivity contribution in [2.24, 2.45) is 23.0 Å². The quantitative estimate of drug-likeness (QED) is 0.0329. The Morgan fingerprint density at radius 1 is 0.753 bits per heavy atom. The Hall–Kier alpha value is -6.94. The lowest BCUT2D eigenvalue weighted by molar-refractivity contribution is -0.141. The average Bonchev–Trinajstić information content (AvgIpc) is 3.66. The second kappa shape index (κ2) is 29.0. The molecule has 0 bridgehead atoms. The molecule has 2 aromatic carbocycles. The van der Waals surface area contributed by atoms with E-state index >= 15 is 0 Å². The molecule has 21 nitrogen and oxygen atoms in total. The summed E-state index contributed by atoms with van der Waals surface area (Å²) in [5, 5.41) is 16.7. The molecule has 10 amide bonds. The molecule has 0 saturated heterocycles. The van der Waals surface area contributed by atoms with Gasteiger partial charge in [-0.1, -0.05) is 117 Å². The number of imide groups is 1. The van der Waals surface area contributed by atoms with Gasteiger partial charge in [0.05, 0.1) is 17.8 Å². The summed E-state index contributed by atoms with van der Waals surface area (Å²) in [6, 6.07) is 10.1. The molecule has 77 heavy (non-hydrogen) atoms. The maximum absolute atomic E-state index is 14.4. The van der Waals surface area contributed by atoms with Gasteiger partial charge < -0.3 is 42.5 Å². The van der Waals surface area contributed by atoms with Crippen LogP contribution < -0.4 is 42.4 Å². The van der Waals surface area contributed by atoms with Crippen LogP contribution in [0.2, 0.25) is 0 Å². The zero-order valence-corrected chi connectivity index (χ0v) is 47.5. The smallest absolute Gasteiger partial charge is 0.312 e. The Morgan fingerprint density at radius 3 is 1.91 bits per heavy atom. The first-order valence-electron chi connectivity index (χ1n) is 26.0. The summed E-state index contributed by atoms with van der Waals surface area (Å²) < 4.78 is 28.9. The van der Waals surface area contributed by atoms with Crippen LogP contribution in [0.4, 0.5) is 10.5 Å². The number of rotatable bonds is 29. The van der Waals surface area contributed by atoms with Gasteiger partial charge in [0, 0.05) is 55.4 Å². The third-order valence-electron chi connectivity index (χ3n) is 13.3. The summed E-state index contributed by atoms with van der Waals surface area (Å²) in [6.07, 6.45) is 5.81. The highest BCUT2D eigenvalue weighted by Gasteiger charge is 2.42. The second-order valence-corrected chi connectivity index (χ2v) is 23.5. The van der Waals surface area contributed by atoms with E-state index in [0.717, 1.165) is 10.5 Å². The highest BCUT2D eigenvalue weighted by atomic mass is 32.2. The maximum Gasteiger partial charge on any atom is 0.312 e. The number of primary amides is 1. The number of nitrogens with two attached hydrogens (primary N) is 1. The predicted octanol–water partition coefficient (Wildman–Crippen LogP) is 3.66. The van der Waals surface area contributed by atoms with Crippen LogP contribution in [0.15, 0.2) is 78.4 Å². The molecule has 1 heterocycles. The number of anilines is 1. The van der Waals surface area contributed by atoms with Crippen molar-refractivity contribution in [2.45, 2.75) is 149 Å². The van der Waals surface area contributed by atoms with Gasteiger partial charge in [-0.2, -0.15) is 0 Å². The van der Waals surface area contributed by atoms with Gasteiger partial charge in [-0.3, -0.25) is 43.3 Å². The molecule has 0 fully saturated rings. The van der Waals surface area contributed by atoms with Gasteiger partial charge in [-0.25, -0.2) is 17.9 Å². The minimum Gasteiger partial charge on any atom is -0.352 e. The summed E-state index contributed by atoms with van der Waals surface area (Å²) in [5.41, 5.74) is 5.31. The number of carbonyl (C=O) groups excluding carboxylic acids is 9. The molecule has 3 rings (SSSR count). The van der Waals surface area contributed by atoms with Crippen molar-refractivity contribution in [3.05, 3.63) is 89.5 Å². The number of hydrogen-bond donors (Lipinski definition) is 8. The summed E-state index contributed by atoms with van der Waals surface area (Å²) >= 11 is 0. The number of nitrogens with one attached hydrogen (secondary N) is 7. The van der Waals surface area contributed by atoms with E-state index in [4.69, 9.17) is 5.73 Å². The third-order valence-corrected chi connectivity index (χ3v) is 14.5. The second-order valence-electron chi connectivity index (χ2n) is 21.8. The van der Waals surface area contributed by atoms with Crippen LogP contribution in [0, 0.1) is 17.3 Å². The molecule has 1 aliphatic rings. The van der Waals surface area contributed by atoms with Crippen LogP contribution in [0.1, 0.15) is 119 Å². The highest BCUT2D eigenvalue weighted by Crippen LogP contribution is 2.29. The molecule has 0 spiro atoms. The molecule has 1 aliphatic heterocycles. The van der Waals surface area contributed by atoms with Crippen LogP contribution in [0.25, 0.3) is 0 Å². The largest absolute Gasteiger partial charge is 0.352 e. The van der Waals surface area contributed by atoms with Crippen LogP contribution in [-0.2, 0) is 59.5 Å².